The van der Waals surface area contributed by atoms with Crippen molar-refractivity contribution in [3.63, 3.8) is 0 Å². The Morgan fingerprint density at radius 3 is 2.93 bits per heavy atom. The van der Waals surface area contributed by atoms with E-state index >= 15 is 0 Å². The van der Waals surface area contributed by atoms with Gasteiger partial charge in [-0.15, -0.1) is 0 Å². The Labute approximate surface area is 83.7 Å². The minimum absolute atomic E-state index is 0.245. The molecule has 0 spiro atoms. The van der Waals surface area contributed by atoms with E-state index in [4.69, 9.17) is 0 Å². The monoisotopic (exact) mass is 187 g/mol. The van der Waals surface area contributed by atoms with Crippen LogP contribution in [0.3, 0.4) is 0 Å². The summed E-state index contributed by atoms with van der Waals surface area (Å²) in [4.78, 5) is 15.5. The van der Waals surface area contributed by atoms with Gasteiger partial charge in [0.2, 0.25) is 0 Å². The second kappa shape index (κ2) is 3.74. The van der Waals surface area contributed by atoms with E-state index < -0.39 is 0 Å². The van der Waals surface area contributed by atoms with E-state index in [0.29, 0.717) is 6.42 Å². The zero-order valence-corrected chi connectivity index (χ0v) is 8.29. The van der Waals surface area contributed by atoms with Crippen molar-refractivity contribution in [3.05, 3.63) is 35.7 Å². The Kier molecular flexibility index (Phi) is 2.44. The molecule has 0 aromatic carbocycles. The van der Waals surface area contributed by atoms with Crippen molar-refractivity contribution in [3.8, 4) is 0 Å². The summed E-state index contributed by atoms with van der Waals surface area (Å²) < 4.78 is 0. The Bertz CT molecular complexity index is 393. The zero-order chi connectivity index (χ0) is 9.97. The molecule has 0 bridgehead atoms. The maximum atomic E-state index is 11.3. The van der Waals surface area contributed by atoms with Crippen LogP contribution in [0.5, 0.6) is 0 Å². The van der Waals surface area contributed by atoms with Gasteiger partial charge < -0.3 is 0 Å². The third kappa shape index (κ3) is 1.74. The lowest BCUT2D eigenvalue weighted by Crippen LogP contribution is -2.03. The van der Waals surface area contributed by atoms with E-state index in [1.54, 1.807) is 12.3 Å². The highest BCUT2D eigenvalue weighted by Gasteiger charge is 2.12. The van der Waals surface area contributed by atoms with Gasteiger partial charge in [-0.2, -0.15) is 0 Å². The van der Waals surface area contributed by atoms with Gasteiger partial charge in [0, 0.05) is 18.3 Å². The predicted octanol–water partition coefficient (Wildman–Crippen LogP) is 2.53. The van der Waals surface area contributed by atoms with Crippen molar-refractivity contribution in [2.75, 3.05) is 0 Å². The van der Waals surface area contributed by atoms with Gasteiger partial charge in [0.05, 0.1) is 0 Å². The number of carbonyl (C=O) groups excluding carboxylic acids is 1. The van der Waals surface area contributed by atoms with Crippen molar-refractivity contribution in [2.45, 2.75) is 26.2 Å². The summed E-state index contributed by atoms with van der Waals surface area (Å²) in [5.74, 6) is 0.245. The van der Waals surface area contributed by atoms with Crippen LogP contribution in [0.15, 0.2) is 24.4 Å². The van der Waals surface area contributed by atoms with Crippen LogP contribution in [0.2, 0.25) is 0 Å². The Balaban J connectivity index is 2.40. The lowest BCUT2D eigenvalue weighted by Gasteiger charge is -2.13. The molecular formula is C12H13NO. The highest BCUT2D eigenvalue weighted by molar-refractivity contribution is 5.98. The van der Waals surface area contributed by atoms with Crippen LogP contribution in [0.25, 0.3) is 5.57 Å². The molecule has 1 aliphatic carbocycles. The van der Waals surface area contributed by atoms with Crippen LogP contribution in [-0.4, -0.2) is 10.8 Å². The fraction of sp³-hybridized carbons (Fsp3) is 0.333. The molecule has 72 valence electrons. The maximum absolute atomic E-state index is 11.3. The number of allylic oxidation sites excluding steroid dienone is 2. The average Bonchev–Trinajstić information content (AvgIpc) is 2.18. The third-order valence-corrected chi connectivity index (χ3v) is 2.56. The summed E-state index contributed by atoms with van der Waals surface area (Å²) in [6.45, 7) is 1.98. The zero-order valence-electron chi connectivity index (χ0n) is 8.29. The Morgan fingerprint density at radius 1 is 1.36 bits per heavy atom. The fourth-order valence-electron chi connectivity index (χ4n) is 1.83. The van der Waals surface area contributed by atoms with Gasteiger partial charge in [0.1, 0.15) is 0 Å². The van der Waals surface area contributed by atoms with E-state index in [-0.39, 0.29) is 5.78 Å². The Morgan fingerprint density at radius 2 is 2.21 bits per heavy atom. The molecule has 0 N–H and O–H groups in total. The summed E-state index contributed by atoms with van der Waals surface area (Å²) in [5.41, 5.74) is 3.28. The first-order valence-electron chi connectivity index (χ1n) is 4.93. The van der Waals surface area contributed by atoms with Crippen LogP contribution >= 0.6 is 0 Å². The number of carbonyl (C=O) groups is 1. The first-order chi connectivity index (χ1) is 6.77. The van der Waals surface area contributed by atoms with Gasteiger partial charge in [-0.25, -0.2) is 0 Å². The molecule has 0 aliphatic heterocycles. The highest BCUT2D eigenvalue weighted by atomic mass is 16.1. The summed E-state index contributed by atoms with van der Waals surface area (Å²) in [6, 6.07) is 3.95. The van der Waals surface area contributed by atoms with Crippen molar-refractivity contribution in [1.29, 1.82) is 0 Å². The van der Waals surface area contributed by atoms with Gasteiger partial charge in [-0.3, -0.25) is 9.78 Å². The van der Waals surface area contributed by atoms with Crippen LogP contribution in [0.1, 0.15) is 30.5 Å². The normalized spacial score (nSPS) is 16.6. The molecule has 0 saturated heterocycles. The SMILES string of the molecule is Cc1ncccc1C1=CC(=O)CCC1. The molecule has 0 radical (unpaired) electrons. The largest absolute Gasteiger partial charge is 0.295 e. The molecule has 0 fully saturated rings. The second-order valence-electron chi connectivity index (χ2n) is 3.63. The van der Waals surface area contributed by atoms with Crippen molar-refractivity contribution >= 4 is 11.4 Å². The number of rotatable bonds is 1. The van der Waals surface area contributed by atoms with Crippen molar-refractivity contribution in [1.82, 2.24) is 4.98 Å². The van der Waals surface area contributed by atoms with Gasteiger partial charge in [0.25, 0.3) is 0 Å². The van der Waals surface area contributed by atoms with Gasteiger partial charge in [0.15, 0.2) is 5.78 Å². The van der Waals surface area contributed by atoms with E-state index in [2.05, 4.69) is 4.98 Å². The molecule has 0 unspecified atom stereocenters. The maximum Gasteiger partial charge on any atom is 0.155 e. The van der Waals surface area contributed by atoms with Crippen LogP contribution in [-0.2, 0) is 4.79 Å². The molecule has 1 aliphatic rings. The van der Waals surface area contributed by atoms with Crippen molar-refractivity contribution in [2.24, 2.45) is 0 Å². The number of nitrogens with zero attached hydrogens (tertiary/aromatic N) is 1. The minimum atomic E-state index is 0.245. The van der Waals surface area contributed by atoms with Crippen LogP contribution in [0, 0.1) is 6.92 Å². The smallest absolute Gasteiger partial charge is 0.155 e. The van der Waals surface area contributed by atoms with Gasteiger partial charge >= 0.3 is 0 Å². The molecule has 2 nitrogen and oxygen atoms in total. The average molecular weight is 187 g/mol. The second-order valence-corrected chi connectivity index (χ2v) is 3.63. The fourth-order valence-corrected chi connectivity index (χ4v) is 1.83. The molecule has 0 atom stereocenters. The lowest BCUT2D eigenvalue weighted by molar-refractivity contribution is -0.114. The quantitative estimate of drug-likeness (QED) is 0.676. The predicted molar refractivity (Wildman–Crippen MR) is 55.8 cm³/mol. The number of ketones is 1. The summed E-state index contributed by atoms with van der Waals surface area (Å²) in [6.07, 6.45) is 6.22. The number of aromatic nitrogens is 1. The van der Waals surface area contributed by atoms with E-state index in [1.165, 1.54) is 0 Å². The molecule has 2 heteroatoms. The van der Waals surface area contributed by atoms with Crippen LogP contribution < -0.4 is 0 Å². The first kappa shape index (κ1) is 9.13. The molecule has 2 rings (SSSR count). The van der Waals surface area contributed by atoms with Crippen molar-refractivity contribution < 1.29 is 4.79 Å². The molecule has 0 saturated carbocycles. The summed E-state index contributed by atoms with van der Waals surface area (Å²) in [5, 5.41) is 0. The number of hydrogen-bond acceptors (Lipinski definition) is 2. The molecule has 1 aromatic rings. The molecule has 0 amide bonds. The molecule has 1 aromatic heterocycles. The van der Waals surface area contributed by atoms with E-state index in [1.807, 2.05) is 19.1 Å². The third-order valence-electron chi connectivity index (χ3n) is 2.56. The lowest BCUT2D eigenvalue weighted by atomic mass is 9.92. The molecular weight excluding hydrogens is 174 g/mol. The number of pyridine rings is 1. The first-order valence-corrected chi connectivity index (χ1v) is 4.93. The van der Waals surface area contributed by atoms with Gasteiger partial charge in [-0.05, 0) is 43.0 Å². The topological polar surface area (TPSA) is 30.0 Å². The summed E-state index contributed by atoms with van der Waals surface area (Å²) in [7, 11) is 0. The minimum Gasteiger partial charge on any atom is -0.295 e. The molecule has 14 heavy (non-hydrogen) atoms. The number of aryl methyl sites for hydroxylation is 1. The van der Waals surface area contributed by atoms with Gasteiger partial charge in [-0.1, -0.05) is 6.07 Å². The Hall–Kier alpha value is -1.44. The standard InChI is InChI=1S/C12H13NO/c1-9-12(6-3-7-13-9)10-4-2-5-11(14)8-10/h3,6-8H,2,4-5H2,1H3. The van der Waals surface area contributed by atoms with E-state index in [9.17, 15) is 4.79 Å². The summed E-state index contributed by atoms with van der Waals surface area (Å²) >= 11 is 0. The van der Waals surface area contributed by atoms with E-state index in [0.717, 1.165) is 29.7 Å². The highest BCUT2D eigenvalue weighted by Crippen LogP contribution is 2.26. The molecule has 1 heterocycles. The van der Waals surface area contributed by atoms with Crippen LogP contribution in [0.4, 0.5) is 0 Å². The number of hydrogen-bond donors (Lipinski definition) is 0.